The normalized spacial score (nSPS) is 21.7. The highest BCUT2D eigenvalue weighted by molar-refractivity contribution is 5.84. The molecule has 0 spiro atoms. The third kappa shape index (κ3) is 2.35. The molecule has 1 aromatic heterocycles. The van der Waals surface area contributed by atoms with Crippen LogP contribution in [-0.4, -0.2) is 33.8 Å². The Morgan fingerprint density at radius 2 is 2.08 bits per heavy atom. The third-order valence-corrected chi connectivity index (χ3v) is 1.95. The molecule has 1 saturated heterocycles. The lowest BCUT2D eigenvalue weighted by molar-refractivity contribution is 0.147. The van der Waals surface area contributed by atoms with Gasteiger partial charge in [0.25, 0.3) is 0 Å². The summed E-state index contributed by atoms with van der Waals surface area (Å²) < 4.78 is 6.96. The summed E-state index contributed by atoms with van der Waals surface area (Å²) >= 11 is 0. The smallest absolute Gasteiger partial charge is 0.141 e. The van der Waals surface area contributed by atoms with Crippen LogP contribution < -0.4 is 0 Å². The Labute approximate surface area is 76.4 Å². The Balaban J connectivity index is 2.05. The van der Waals surface area contributed by atoms with Crippen LogP contribution in [0.15, 0.2) is 17.8 Å². The fourth-order valence-electron chi connectivity index (χ4n) is 1.31. The van der Waals surface area contributed by atoms with E-state index in [0.717, 1.165) is 38.2 Å². The van der Waals surface area contributed by atoms with Crippen LogP contribution in [0.25, 0.3) is 0 Å². The van der Waals surface area contributed by atoms with Gasteiger partial charge in [-0.3, -0.25) is 0 Å². The molecule has 2 rings (SSSR count). The summed E-state index contributed by atoms with van der Waals surface area (Å²) in [6.07, 6.45) is 6.18. The van der Waals surface area contributed by atoms with Crippen molar-refractivity contribution in [2.75, 3.05) is 13.2 Å². The first-order chi connectivity index (χ1) is 6.45. The Morgan fingerprint density at radius 3 is 2.92 bits per heavy atom. The first kappa shape index (κ1) is 8.37. The molecule has 0 atom stereocenters. The minimum absolute atomic E-state index is 0.779. The third-order valence-electron chi connectivity index (χ3n) is 1.95. The average molecular weight is 180 g/mol. The molecular formula is C8H12N4O. The van der Waals surface area contributed by atoms with Gasteiger partial charge in [0, 0.05) is 18.7 Å². The summed E-state index contributed by atoms with van der Waals surface area (Å²) in [5, 5.41) is 11.7. The van der Waals surface area contributed by atoms with Gasteiger partial charge in [-0.2, -0.15) is 5.10 Å². The SMILES string of the molecule is c1nncn1/N=C1/CCCOCC1. The monoisotopic (exact) mass is 180 g/mol. The van der Waals surface area contributed by atoms with Gasteiger partial charge in [0.15, 0.2) is 0 Å². The summed E-state index contributed by atoms with van der Waals surface area (Å²) in [4.78, 5) is 0. The maximum absolute atomic E-state index is 5.32. The summed E-state index contributed by atoms with van der Waals surface area (Å²) in [7, 11) is 0. The lowest BCUT2D eigenvalue weighted by Gasteiger charge is -1.99. The van der Waals surface area contributed by atoms with Gasteiger partial charge in [0.05, 0.1) is 6.61 Å². The highest BCUT2D eigenvalue weighted by Crippen LogP contribution is 2.05. The fraction of sp³-hybridized carbons (Fsp3) is 0.625. The van der Waals surface area contributed by atoms with Crippen LogP contribution in [0.5, 0.6) is 0 Å². The molecule has 0 unspecified atom stereocenters. The van der Waals surface area contributed by atoms with Crippen molar-refractivity contribution in [3.8, 4) is 0 Å². The maximum atomic E-state index is 5.32. The lowest BCUT2D eigenvalue weighted by atomic mass is 10.2. The van der Waals surface area contributed by atoms with E-state index in [9.17, 15) is 0 Å². The van der Waals surface area contributed by atoms with Gasteiger partial charge < -0.3 is 4.74 Å². The van der Waals surface area contributed by atoms with E-state index in [4.69, 9.17) is 4.74 Å². The van der Waals surface area contributed by atoms with Crippen LogP contribution in [0.4, 0.5) is 0 Å². The molecule has 5 nitrogen and oxygen atoms in total. The van der Waals surface area contributed by atoms with Gasteiger partial charge in [-0.25, -0.2) is 4.68 Å². The first-order valence-corrected chi connectivity index (χ1v) is 4.44. The highest BCUT2D eigenvalue weighted by atomic mass is 16.5. The maximum Gasteiger partial charge on any atom is 0.141 e. The standard InChI is InChI=1S/C8H12N4O/c1-2-8(3-5-13-4-1)11-12-6-9-10-7-12/h6-7H,1-5H2/b11-8-. The Kier molecular flexibility index (Phi) is 2.66. The number of hydrogen-bond acceptors (Lipinski definition) is 4. The van der Waals surface area contributed by atoms with Crippen molar-refractivity contribution in [3.63, 3.8) is 0 Å². The van der Waals surface area contributed by atoms with E-state index in [1.807, 2.05) is 0 Å². The summed E-state index contributed by atoms with van der Waals surface area (Å²) in [5.74, 6) is 0. The number of hydrogen-bond donors (Lipinski definition) is 0. The molecule has 0 bridgehead atoms. The molecule has 0 aromatic carbocycles. The molecule has 1 aliphatic heterocycles. The largest absolute Gasteiger partial charge is 0.381 e. The number of rotatable bonds is 1. The van der Waals surface area contributed by atoms with Crippen LogP contribution in [0.1, 0.15) is 19.3 Å². The van der Waals surface area contributed by atoms with Crippen LogP contribution in [0, 0.1) is 0 Å². The number of nitrogens with zero attached hydrogens (tertiary/aromatic N) is 4. The van der Waals surface area contributed by atoms with Crippen LogP contribution >= 0.6 is 0 Å². The van der Waals surface area contributed by atoms with Gasteiger partial charge in [0.2, 0.25) is 0 Å². The topological polar surface area (TPSA) is 52.3 Å². The van der Waals surface area contributed by atoms with Crippen molar-refractivity contribution >= 4 is 5.71 Å². The molecule has 0 aliphatic carbocycles. The molecule has 2 heterocycles. The van der Waals surface area contributed by atoms with Crippen molar-refractivity contribution < 1.29 is 4.74 Å². The van der Waals surface area contributed by atoms with Crippen molar-refractivity contribution in [1.29, 1.82) is 0 Å². The summed E-state index contributed by atoms with van der Waals surface area (Å²) in [6, 6.07) is 0. The number of ether oxygens (including phenoxy) is 1. The molecule has 13 heavy (non-hydrogen) atoms. The summed E-state index contributed by atoms with van der Waals surface area (Å²) in [6.45, 7) is 1.63. The van der Waals surface area contributed by atoms with Gasteiger partial charge in [0.1, 0.15) is 12.7 Å². The zero-order valence-corrected chi connectivity index (χ0v) is 7.39. The molecule has 5 heteroatoms. The lowest BCUT2D eigenvalue weighted by Crippen LogP contribution is -2.01. The predicted octanol–water partition coefficient (Wildman–Crippen LogP) is 0.683. The number of aromatic nitrogens is 3. The van der Waals surface area contributed by atoms with E-state index >= 15 is 0 Å². The van der Waals surface area contributed by atoms with Crippen LogP contribution in [-0.2, 0) is 4.74 Å². The van der Waals surface area contributed by atoms with E-state index in [2.05, 4.69) is 15.3 Å². The molecule has 0 N–H and O–H groups in total. The van der Waals surface area contributed by atoms with Crippen molar-refractivity contribution in [3.05, 3.63) is 12.7 Å². The molecule has 0 amide bonds. The molecule has 0 saturated carbocycles. The fourth-order valence-corrected chi connectivity index (χ4v) is 1.31. The van der Waals surface area contributed by atoms with Gasteiger partial charge in [-0.05, 0) is 12.8 Å². The predicted molar refractivity (Wildman–Crippen MR) is 47.5 cm³/mol. The first-order valence-electron chi connectivity index (χ1n) is 4.44. The molecule has 1 aromatic rings. The second-order valence-electron chi connectivity index (χ2n) is 2.97. The van der Waals surface area contributed by atoms with Crippen LogP contribution in [0.2, 0.25) is 0 Å². The van der Waals surface area contributed by atoms with E-state index in [1.165, 1.54) is 0 Å². The van der Waals surface area contributed by atoms with Crippen molar-refractivity contribution in [2.45, 2.75) is 19.3 Å². The Bertz CT molecular complexity index is 270. The second kappa shape index (κ2) is 4.13. The molecule has 1 aliphatic rings. The van der Waals surface area contributed by atoms with Gasteiger partial charge in [-0.15, -0.1) is 10.2 Å². The zero-order valence-electron chi connectivity index (χ0n) is 7.39. The average Bonchev–Trinajstić information content (AvgIpc) is 2.49. The molecule has 70 valence electrons. The minimum Gasteiger partial charge on any atom is -0.381 e. The Hall–Kier alpha value is -1.23. The Morgan fingerprint density at radius 1 is 1.23 bits per heavy atom. The van der Waals surface area contributed by atoms with Crippen molar-refractivity contribution in [2.24, 2.45) is 5.10 Å². The van der Waals surface area contributed by atoms with Crippen LogP contribution in [0.3, 0.4) is 0 Å². The zero-order chi connectivity index (χ0) is 8.93. The second-order valence-corrected chi connectivity index (χ2v) is 2.97. The van der Waals surface area contributed by atoms with Gasteiger partial charge >= 0.3 is 0 Å². The van der Waals surface area contributed by atoms with E-state index in [0.29, 0.717) is 0 Å². The quantitative estimate of drug-likeness (QED) is 0.638. The molecule has 1 fully saturated rings. The summed E-state index contributed by atoms with van der Waals surface area (Å²) in [5.41, 5.74) is 1.16. The van der Waals surface area contributed by atoms with Gasteiger partial charge in [-0.1, -0.05) is 0 Å². The minimum atomic E-state index is 0.779. The van der Waals surface area contributed by atoms with E-state index < -0.39 is 0 Å². The molecular weight excluding hydrogens is 168 g/mol. The van der Waals surface area contributed by atoms with Crippen molar-refractivity contribution in [1.82, 2.24) is 14.9 Å². The molecule has 0 radical (unpaired) electrons. The van der Waals surface area contributed by atoms with E-state index in [-0.39, 0.29) is 0 Å². The van der Waals surface area contributed by atoms with E-state index in [1.54, 1.807) is 17.3 Å². The highest BCUT2D eigenvalue weighted by Gasteiger charge is 2.05.